The van der Waals surface area contributed by atoms with E-state index in [1.807, 2.05) is 6.92 Å². The third-order valence-electron chi connectivity index (χ3n) is 2.24. The maximum absolute atomic E-state index is 11.7. The lowest BCUT2D eigenvalue weighted by Crippen LogP contribution is -2.37. The Morgan fingerprint density at radius 3 is 2.53 bits per heavy atom. The second kappa shape index (κ2) is 6.03. The number of carbonyl (C=O) groups is 2. The molecule has 6 nitrogen and oxygen atoms in total. The van der Waals surface area contributed by atoms with Crippen LogP contribution in [0.2, 0.25) is 0 Å². The van der Waals surface area contributed by atoms with Gasteiger partial charge in [0.15, 0.2) is 0 Å². The molecule has 0 saturated carbocycles. The zero-order valence-corrected chi connectivity index (χ0v) is 10.3. The summed E-state index contributed by atoms with van der Waals surface area (Å²) >= 11 is 0. The van der Waals surface area contributed by atoms with Crippen LogP contribution in [0.5, 0.6) is 0 Å². The Kier molecular flexibility index (Phi) is 4.68. The van der Waals surface area contributed by atoms with E-state index in [1.165, 1.54) is 0 Å². The molecule has 0 aliphatic heterocycles. The van der Waals surface area contributed by atoms with Gasteiger partial charge in [-0.3, -0.25) is 9.59 Å². The number of nitrogens with zero attached hydrogens (tertiary/aromatic N) is 1. The Balaban J connectivity index is 2.48. The van der Waals surface area contributed by atoms with Gasteiger partial charge in [-0.05, 0) is 20.3 Å². The Labute approximate surface area is 99.7 Å². The molecule has 17 heavy (non-hydrogen) atoms. The first-order valence-electron chi connectivity index (χ1n) is 5.54. The van der Waals surface area contributed by atoms with Crippen molar-refractivity contribution in [2.24, 2.45) is 0 Å². The fraction of sp³-hybridized carbons (Fsp3) is 0.545. The number of aromatic nitrogens is 1. The molecular formula is C11H17N3O3. The van der Waals surface area contributed by atoms with E-state index in [2.05, 4.69) is 15.8 Å². The molecule has 0 aromatic carbocycles. The lowest BCUT2D eigenvalue weighted by Gasteiger charge is -2.05. The van der Waals surface area contributed by atoms with Gasteiger partial charge in [0, 0.05) is 6.54 Å². The van der Waals surface area contributed by atoms with Gasteiger partial charge in [-0.1, -0.05) is 12.1 Å². The molecule has 0 unspecified atom stereocenters. The van der Waals surface area contributed by atoms with Crippen LogP contribution < -0.4 is 10.6 Å². The minimum atomic E-state index is -0.340. The van der Waals surface area contributed by atoms with E-state index >= 15 is 0 Å². The summed E-state index contributed by atoms with van der Waals surface area (Å²) in [7, 11) is 0. The van der Waals surface area contributed by atoms with Crippen LogP contribution in [0.4, 0.5) is 0 Å². The average Bonchev–Trinajstić information content (AvgIpc) is 2.63. The van der Waals surface area contributed by atoms with Crippen LogP contribution in [0.3, 0.4) is 0 Å². The first-order chi connectivity index (χ1) is 8.06. The van der Waals surface area contributed by atoms with E-state index in [0.717, 1.165) is 6.42 Å². The molecule has 0 spiro atoms. The molecule has 1 aromatic heterocycles. The lowest BCUT2D eigenvalue weighted by atomic mass is 10.2. The molecule has 1 rings (SSSR count). The summed E-state index contributed by atoms with van der Waals surface area (Å²) in [6.07, 6.45) is 0.865. The summed E-state index contributed by atoms with van der Waals surface area (Å²) in [5.74, 6) is -0.0891. The maximum Gasteiger partial charge on any atom is 0.257 e. The van der Waals surface area contributed by atoms with Crippen molar-refractivity contribution in [1.82, 2.24) is 15.8 Å². The zero-order valence-electron chi connectivity index (χ0n) is 10.3. The first-order valence-corrected chi connectivity index (χ1v) is 5.54. The Morgan fingerprint density at radius 1 is 1.29 bits per heavy atom. The molecule has 0 bridgehead atoms. The highest BCUT2D eigenvalue weighted by atomic mass is 16.5. The number of carbonyl (C=O) groups excluding carboxylic acids is 2. The van der Waals surface area contributed by atoms with Crippen molar-refractivity contribution in [1.29, 1.82) is 0 Å². The lowest BCUT2D eigenvalue weighted by molar-refractivity contribution is -0.120. The van der Waals surface area contributed by atoms with Crippen molar-refractivity contribution in [3.05, 3.63) is 17.0 Å². The second-order valence-electron chi connectivity index (χ2n) is 3.73. The van der Waals surface area contributed by atoms with Crippen LogP contribution in [0.25, 0.3) is 0 Å². The van der Waals surface area contributed by atoms with Crippen molar-refractivity contribution in [2.45, 2.75) is 27.2 Å². The third-order valence-corrected chi connectivity index (χ3v) is 2.24. The summed E-state index contributed by atoms with van der Waals surface area (Å²) in [5.41, 5.74) is 0.919. The summed E-state index contributed by atoms with van der Waals surface area (Å²) in [6, 6.07) is 0. The predicted octanol–water partition coefficient (Wildman–Crippen LogP) is 0.547. The summed E-state index contributed by atoms with van der Waals surface area (Å²) < 4.78 is 4.88. The fourth-order valence-electron chi connectivity index (χ4n) is 1.38. The number of nitrogens with one attached hydrogen (secondary N) is 2. The van der Waals surface area contributed by atoms with Crippen LogP contribution in [0, 0.1) is 13.8 Å². The highest BCUT2D eigenvalue weighted by Gasteiger charge is 2.17. The highest BCUT2D eigenvalue weighted by Crippen LogP contribution is 2.11. The van der Waals surface area contributed by atoms with E-state index in [-0.39, 0.29) is 18.4 Å². The maximum atomic E-state index is 11.7. The average molecular weight is 239 g/mol. The molecule has 0 saturated heterocycles. The molecule has 6 heteroatoms. The normalized spacial score (nSPS) is 10.1. The van der Waals surface area contributed by atoms with Crippen LogP contribution >= 0.6 is 0 Å². The Morgan fingerprint density at radius 2 is 2.00 bits per heavy atom. The quantitative estimate of drug-likeness (QED) is 0.785. The summed E-state index contributed by atoms with van der Waals surface area (Å²) in [4.78, 5) is 23.0. The van der Waals surface area contributed by atoms with E-state index < -0.39 is 0 Å². The third kappa shape index (κ3) is 3.58. The van der Waals surface area contributed by atoms with Gasteiger partial charge in [0.2, 0.25) is 5.91 Å². The zero-order chi connectivity index (χ0) is 12.8. The van der Waals surface area contributed by atoms with Gasteiger partial charge < -0.3 is 15.2 Å². The van der Waals surface area contributed by atoms with Gasteiger partial charge in [0.1, 0.15) is 11.3 Å². The van der Waals surface area contributed by atoms with Gasteiger partial charge >= 0.3 is 0 Å². The first kappa shape index (κ1) is 13.2. The molecule has 0 atom stereocenters. The molecule has 2 amide bonds. The second-order valence-corrected chi connectivity index (χ2v) is 3.73. The SMILES string of the molecule is CCCNC(=O)CNC(=O)c1c(C)noc1C. The standard InChI is InChI=1S/C11H17N3O3/c1-4-5-12-9(15)6-13-11(16)10-7(2)14-17-8(10)3/h4-6H2,1-3H3,(H,12,15)(H,13,16). The summed E-state index contributed by atoms with van der Waals surface area (Å²) in [6.45, 7) is 5.88. The van der Waals surface area contributed by atoms with E-state index in [0.29, 0.717) is 23.6 Å². The van der Waals surface area contributed by atoms with Gasteiger partial charge in [-0.2, -0.15) is 0 Å². The van der Waals surface area contributed by atoms with E-state index in [1.54, 1.807) is 13.8 Å². The molecule has 0 radical (unpaired) electrons. The minimum Gasteiger partial charge on any atom is -0.361 e. The number of hydrogen-bond donors (Lipinski definition) is 2. The van der Waals surface area contributed by atoms with Crippen LogP contribution in [-0.2, 0) is 4.79 Å². The van der Waals surface area contributed by atoms with Gasteiger partial charge in [0.05, 0.1) is 12.2 Å². The molecule has 0 aliphatic rings. The van der Waals surface area contributed by atoms with Gasteiger partial charge in [0.25, 0.3) is 5.91 Å². The number of rotatable bonds is 5. The molecule has 0 aliphatic carbocycles. The van der Waals surface area contributed by atoms with Crippen molar-refractivity contribution in [3.63, 3.8) is 0 Å². The summed E-state index contributed by atoms with van der Waals surface area (Å²) in [5, 5.41) is 8.87. The molecule has 1 aromatic rings. The van der Waals surface area contributed by atoms with Crippen molar-refractivity contribution >= 4 is 11.8 Å². The molecular weight excluding hydrogens is 222 g/mol. The van der Waals surface area contributed by atoms with Crippen LogP contribution in [0.15, 0.2) is 4.52 Å². The Bertz CT molecular complexity index is 393. The molecule has 1 heterocycles. The van der Waals surface area contributed by atoms with Crippen molar-refractivity contribution < 1.29 is 14.1 Å². The highest BCUT2D eigenvalue weighted by molar-refractivity contribution is 5.98. The van der Waals surface area contributed by atoms with Gasteiger partial charge in [-0.15, -0.1) is 0 Å². The van der Waals surface area contributed by atoms with E-state index in [9.17, 15) is 9.59 Å². The van der Waals surface area contributed by atoms with Gasteiger partial charge in [-0.25, -0.2) is 0 Å². The van der Waals surface area contributed by atoms with E-state index in [4.69, 9.17) is 4.52 Å². The van der Waals surface area contributed by atoms with Crippen LogP contribution in [-0.4, -0.2) is 30.1 Å². The minimum absolute atomic E-state index is 0.0388. The Hall–Kier alpha value is -1.85. The smallest absolute Gasteiger partial charge is 0.257 e. The molecule has 94 valence electrons. The molecule has 0 fully saturated rings. The van der Waals surface area contributed by atoms with Crippen LogP contribution in [0.1, 0.15) is 35.2 Å². The van der Waals surface area contributed by atoms with Crippen molar-refractivity contribution in [3.8, 4) is 0 Å². The fourth-order valence-corrected chi connectivity index (χ4v) is 1.38. The number of amides is 2. The largest absolute Gasteiger partial charge is 0.361 e. The molecule has 2 N–H and O–H groups in total. The monoisotopic (exact) mass is 239 g/mol. The predicted molar refractivity (Wildman–Crippen MR) is 61.6 cm³/mol. The van der Waals surface area contributed by atoms with Crippen molar-refractivity contribution in [2.75, 3.05) is 13.1 Å². The number of hydrogen-bond acceptors (Lipinski definition) is 4. The topological polar surface area (TPSA) is 84.2 Å². The number of aryl methyl sites for hydroxylation is 2.